The highest BCUT2D eigenvalue weighted by Crippen LogP contribution is 2.14. The molecule has 1 aromatic rings. The highest BCUT2D eigenvalue weighted by Gasteiger charge is 1.91. The SMILES string of the molecule is Br.NNNc1ccccc1N. The van der Waals surface area contributed by atoms with E-state index < -0.39 is 0 Å². The van der Waals surface area contributed by atoms with E-state index in [4.69, 9.17) is 11.6 Å². The largest absolute Gasteiger partial charge is 0.397 e. The minimum atomic E-state index is 0. The molecule has 0 aliphatic heterocycles. The molecular weight excluding hydrogens is 208 g/mol. The van der Waals surface area contributed by atoms with Gasteiger partial charge in [0.25, 0.3) is 0 Å². The molecule has 0 aromatic heterocycles. The minimum Gasteiger partial charge on any atom is -0.397 e. The van der Waals surface area contributed by atoms with Gasteiger partial charge in [0.1, 0.15) is 0 Å². The fourth-order valence-electron chi connectivity index (χ4n) is 0.689. The van der Waals surface area contributed by atoms with Crippen LogP contribution in [0, 0.1) is 0 Å². The molecule has 1 aromatic carbocycles. The summed E-state index contributed by atoms with van der Waals surface area (Å²) in [7, 11) is 0. The molecule has 5 heteroatoms. The topological polar surface area (TPSA) is 76.1 Å². The molecule has 62 valence electrons. The third-order valence-corrected chi connectivity index (χ3v) is 1.17. The average molecular weight is 219 g/mol. The summed E-state index contributed by atoms with van der Waals surface area (Å²) in [5, 5.41) is 0. The zero-order chi connectivity index (χ0) is 7.40. The predicted octanol–water partition coefficient (Wildman–Crippen LogP) is 0.637. The second-order valence-electron chi connectivity index (χ2n) is 1.86. The highest BCUT2D eigenvalue weighted by atomic mass is 79.9. The van der Waals surface area contributed by atoms with Crippen LogP contribution in [-0.2, 0) is 0 Å². The number of halogens is 1. The molecule has 0 fully saturated rings. The lowest BCUT2D eigenvalue weighted by Crippen LogP contribution is -2.29. The Kier molecular flexibility index (Phi) is 4.60. The number of nitrogen functional groups attached to an aromatic ring is 1. The molecule has 1 rings (SSSR count). The van der Waals surface area contributed by atoms with E-state index in [-0.39, 0.29) is 17.0 Å². The van der Waals surface area contributed by atoms with Crippen LogP contribution in [0.15, 0.2) is 24.3 Å². The lowest BCUT2D eigenvalue weighted by Gasteiger charge is -2.05. The fraction of sp³-hybridized carbons (Fsp3) is 0. The van der Waals surface area contributed by atoms with Crippen molar-refractivity contribution in [2.24, 2.45) is 5.84 Å². The number of para-hydroxylation sites is 2. The molecule has 6 N–H and O–H groups in total. The van der Waals surface area contributed by atoms with Gasteiger partial charge in [-0.15, -0.1) is 17.0 Å². The van der Waals surface area contributed by atoms with E-state index in [0.29, 0.717) is 5.69 Å². The summed E-state index contributed by atoms with van der Waals surface area (Å²) in [6, 6.07) is 7.35. The lowest BCUT2D eigenvalue weighted by molar-refractivity contribution is 0.877. The van der Waals surface area contributed by atoms with Gasteiger partial charge in [0.05, 0.1) is 11.4 Å². The third-order valence-electron chi connectivity index (χ3n) is 1.17. The van der Waals surface area contributed by atoms with Crippen LogP contribution >= 0.6 is 17.0 Å². The van der Waals surface area contributed by atoms with Crippen LogP contribution in [0.2, 0.25) is 0 Å². The number of nitrogens with two attached hydrogens (primary N) is 2. The molecule has 0 amide bonds. The Balaban J connectivity index is 0.000001000. The van der Waals surface area contributed by atoms with Gasteiger partial charge in [-0.1, -0.05) is 12.1 Å². The maximum Gasteiger partial charge on any atom is 0.0730 e. The minimum absolute atomic E-state index is 0. The van der Waals surface area contributed by atoms with E-state index in [1.54, 1.807) is 6.07 Å². The van der Waals surface area contributed by atoms with E-state index >= 15 is 0 Å². The number of benzene rings is 1. The first-order valence-electron chi connectivity index (χ1n) is 2.90. The Morgan fingerprint density at radius 3 is 2.36 bits per heavy atom. The normalized spacial score (nSPS) is 8.45. The van der Waals surface area contributed by atoms with Crippen molar-refractivity contribution in [1.29, 1.82) is 0 Å². The summed E-state index contributed by atoms with van der Waals surface area (Å²) >= 11 is 0. The quantitative estimate of drug-likeness (QED) is 0.334. The standard InChI is InChI=1S/C6H10N4.BrH/c7-5-3-1-2-4-6(5)9-10-8;/h1-4,9-10H,7-8H2;1H. The zero-order valence-electron chi connectivity index (χ0n) is 5.87. The Hall–Kier alpha value is -0.780. The summed E-state index contributed by atoms with van der Waals surface area (Å²) < 4.78 is 0. The fourth-order valence-corrected chi connectivity index (χ4v) is 0.689. The first-order valence-corrected chi connectivity index (χ1v) is 2.90. The molecule has 0 aliphatic carbocycles. The first-order chi connectivity index (χ1) is 4.84. The lowest BCUT2D eigenvalue weighted by atomic mass is 10.3. The van der Waals surface area contributed by atoms with Gasteiger partial charge in [-0.2, -0.15) is 5.53 Å². The predicted molar refractivity (Wildman–Crippen MR) is 52.1 cm³/mol. The highest BCUT2D eigenvalue weighted by molar-refractivity contribution is 8.93. The van der Waals surface area contributed by atoms with E-state index in [0.717, 1.165) is 5.69 Å². The average Bonchev–Trinajstić information content (AvgIpc) is 1.94. The summed E-state index contributed by atoms with van der Waals surface area (Å²) in [5.41, 5.74) is 12.0. The van der Waals surface area contributed by atoms with E-state index in [9.17, 15) is 0 Å². The second kappa shape index (κ2) is 4.95. The molecule has 0 aliphatic rings. The van der Waals surface area contributed by atoms with Crippen molar-refractivity contribution >= 4 is 28.4 Å². The molecule has 0 atom stereocenters. The van der Waals surface area contributed by atoms with Crippen LogP contribution in [0.1, 0.15) is 0 Å². The summed E-state index contributed by atoms with van der Waals surface area (Å²) in [6.45, 7) is 0. The molecule has 4 nitrogen and oxygen atoms in total. The van der Waals surface area contributed by atoms with Gasteiger partial charge in [0.2, 0.25) is 0 Å². The molecular formula is C6H11BrN4. The molecule has 0 spiro atoms. The van der Waals surface area contributed by atoms with Crippen molar-refractivity contribution in [3.63, 3.8) is 0 Å². The van der Waals surface area contributed by atoms with Gasteiger partial charge >= 0.3 is 0 Å². The van der Waals surface area contributed by atoms with Gasteiger partial charge < -0.3 is 11.2 Å². The maximum absolute atomic E-state index is 5.55. The van der Waals surface area contributed by atoms with Crippen molar-refractivity contribution in [1.82, 2.24) is 5.53 Å². The third kappa shape index (κ3) is 2.75. The summed E-state index contributed by atoms with van der Waals surface area (Å²) in [4.78, 5) is 0. The molecule has 0 saturated carbocycles. The molecule has 0 saturated heterocycles. The van der Waals surface area contributed by atoms with Crippen LogP contribution in [0.25, 0.3) is 0 Å². The molecule has 0 heterocycles. The smallest absolute Gasteiger partial charge is 0.0730 e. The number of hydrogen-bond donors (Lipinski definition) is 4. The van der Waals surface area contributed by atoms with Crippen LogP contribution in [0.4, 0.5) is 11.4 Å². The van der Waals surface area contributed by atoms with Gasteiger partial charge in [-0.3, -0.25) is 5.84 Å². The van der Waals surface area contributed by atoms with E-state index in [1.807, 2.05) is 18.2 Å². The Morgan fingerprint density at radius 1 is 1.18 bits per heavy atom. The van der Waals surface area contributed by atoms with Crippen molar-refractivity contribution < 1.29 is 0 Å². The Bertz CT molecular complexity index is 215. The van der Waals surface area contributed by atoms with Gasteiger partial charge in [0, 0.05) is 0 Å². The second-order valence-corrected chi connectivity index (χ2v) is 1.86. The van der Waals surface area contributed by atoms with E-state index in [2.05, 4.69) is 11.0 Å². The zero-order valence-corrected chi connectivity index (χ0v) is 7.59. The van der Waals surface area contributed by atoms with E-state index in [1.165, 1.54) is 0 Å². The molecule has 0 bridgehead atoms. The van der Waals surface area contributed by atoms with Crippen LogP contribution in [0.5, 0.6) is 0 Å². The van der Waals surface area contributed by atoms with Gasteiger partial charge in [-0.05, 0) is 12.1 Å². The van der Waals surface area contributed by atoms with Crippen molar-refractivity contribution in [3.8, 4) is 0 Å². The van der Waals surface area contributed by atoms with Crippen molar-refractivity contribution in [2.75, 3.05) is 11.2 Å². The maximum atomic E-state index is 5.55. The summed E-state index contributed by atoms with van der Waals surface area (Å²) in [5.74, 6) is 5.01. The number of rotatable bonds is 2. The Labute approximate surface area is 75.7 Å². The number of hydrazine groups is 2. The monoisotopic (exact) mass is 218 g/mol. The first kappa shape index (κ1) is 10.2. The van der Waals surface area contributed by atoms with Crippen molar-refractivity contribution in [2.45, 2.75) is 0 Å². The molecule has 0 unspecified atom stereocenters. The van der Waals surface area contributed by atoms with Gasteiger partial charge in [-0.25, -0.2) is 0 Å². The van der Waals surface area contributed by atoms with Crippen LogP contribution < -0.4 is 22.5 Å². The summed E-state index contributed by atoms with van der Waals surface area (Å²) in [6.07, 6.45) is 0. The van der Waals surface area contributed by atoms with Gasteiger partial charge in [0.15, 0.2) is 0 Å². The number of hydrogen-bond acceptors (Lipinski definition) is 4. The van der Waals surface area contributed by atoms with Crippen LogP contribution in [0.3, 0.4) is 0 Å². The molecule has 11 heavy (non-hydrogen) atoms. The number of nitrogens with one attached hydrogen (secondary N) is 2. The number of anilines is 2. The van der Waals surface area contributed by atoms with Crippen LogP contribution in [-0.4, -0.2) is 0 Å². The van der Waals surface area contributed by atoms with Crippen molar-refractivity contribution in [3.05, 3.63) is 24.3 Å². The Morgan fingerprint density at radius 2 is 1.82 bits per heavy atom. The molecule has 0 radical (unpaired) electrons.